The predicted octanol–water partition coefficient (Wildman–Crippen LogP) is 4.30. The lowest BCUT2D eigenvalue weighted by Gasteiger charge is -2.23. The Morgan fingerprint density at radius 2 is 2.00 bits per heavy atom. The molecule has 0 spiro atoms. The van der Waals surface area contributed by atoms with Crippen LogP contribution >= 0.6 is 0 Å². The van der Waals surface area contributed by atoms with Gasteiger partial charge in [0.1, 0.15) is 11.6 Å². The first-order valence-corrected chi connectivity index (χ1v) is 10.6. The van der Waals surface area contributed by atoms with Crippen molar-refractivity contribution in [1.82, 2.24) is 20.2 Å². The minimum Gasteiger partial charge on any atom is -0.366 e. The molecular weight excluding hydrogens is 466 g/mol. The molecule has 2 aromatic carbocycles. The molecule has 3 heterocycles. The van der Waals surface area contributed by atoms with E-state index in [0.29, 0.717) is 11.9 Å². The number of amides is 1. The van der Waals surface area contributed by atoms with Crippen molar-refractivity contribution in [1.29, 1.82) is 0 Å². The van der Waals surface area contributed by atoms with Crippen molar-refractivity contribution in [3.63, 3.8) is 0 Å². The molecule has 5 rings (SSSR count). The molecule has 1 aliphatic rings. The number of H-pyrrole nitrogens is 1. The van der Waals surface area contributed by atoms with E-state index in [1.54, 1.807) is 18.3 Å². The molecular formula is C23H19F4N7O. The fourth-order valence-electron chi connectivity index (χ4n) is 4.31. The van der Waals surface area contributed by atoms with Gasteiger partial charge in [0.15, 0.2) is 0 Å². The Bertz CT molecular complexity index is 1450. The number of fused-ring (bicyclic) bond motifs is 2. The van der Waals surface area contributed by atoms with Gasteiger partial charge in [-0.05, 0) is 31.2 Å². The van der Waals surface area contributed by atoms with Gasteiger partial charge in [-0.25, -0.2) is 9.37 Å². The maximum absolute atomic E-state index is 14.4. The molecule has 12 heteroatoms. The number of rotatable bonds is 5. The number of carbonyl (C=O) groups is 1. The summed E-state index contributed by atoms with van der Waals surface area (Å²) < 4.78 is 54.8. The zero-order valence-corrected chi connectivity index (χ0v) is 18.3. The molecule has 1 amide bonds. The van der Waals surface area contributed by atoms with Gasteiger partial charge in [-0.15, -0.1) is 0 Å². The van der Waals surface area contributed by atoms with E-state index in [1.807, 2.05) is 11.8 Å². The van der Waals surface area contributed by atoms with Crippen LogP contribution in [0.15, 0.2) is 42.6 Å². The molecule has 180 valence electrons. The maximum atomic E-state index is 14.4. The van der Waals surface area contributed by atoms with E-state index < -0.39 is 35.6 Å². The molecule has 1 atom stereocenters. The van der Waals surface area contributed by atoms with Crippen molar-refractivity contribution in [2.45, 2.75) is 32.2 Å². The molecule has 0 saturated heterocycles. The van der Waals surface area contributed by atoms with Gasteiger partial charge in [0.05, 0.1) is 41.1 Å². The molecule has 8 nitrogen and oxygen atoms in total. The van der Waals surface area contributed by atoms with Crippen LogP contribution in [0.1, 0.15) is 45.7 Å². The number of para-hydroxylation sites is 1. The monoisotopic (exact) mass is 485 g/mol. The van der Waals surface area contributed by atoms with Crippen LogP contribution < -0.4 is 16.0 Å². The van der Waals surface area contributed by atoms with E-state index in [0.717, 1.165) is 29.5 Å². The van der Waals surface area contributed by atoms with Gasteiger partial charge in [0.2, 0.25) is 5.95 Å². The van der Waals surface area contributed by atoms with Crippen LogP contribution in [-0.4, -0.2) is 26.1 Å². The van der Waals surface area contributed by atoms with E-state index >= 15 is 0 Å². The number of nitrogens with two attached hydrogens (primary N) is 1. The number of aromatic amines is 1. The highest BCUT2D eigenvalue weighted by atomic mass is 19.4. The summed E-state index contributed by atoms with van der Waals surface area (Å²) >= 11 is 0. The zero-order valence-electron chi connectivity index (χ0n) is 18.3. The van der Waals surface area contributed by atoms with Gasteiger partial charge in [-0.3, -0.25) is 9.89 Å². The summed E-state index contributed by atoms with van der Waals surface area (Å²) in [4.78, 5) is 23.0. The number of anilines is 2. The summed E-state index contributed by atoms with van der Waals surface area (Å²) in [6, 6.07) is 7.33. The van der Waals surface area contributed by atoms with Crippen LogP contribution in [0.3, 0.4) is 0 Å². The van der Waals surface area contributed by atoms with E-state index in [2.05, 4.69) is 25.5 Å². The van der Waals surface area contributed by atoms with Crippen molar-refractivity contribution in [2.75, 3.05) is 10.2 Å². The lowest BCUT2D eigenvalue weighted by Crippen LogP contribution is -2.23. The summed E-state index contributed by atoms with van der Waals surface area (Å²) in [7, 11) is 0. The summed E-state index contributed by atoms with van der Waals surface area (Å²) in [5.41, 5.74) is 6.10. The molecule has 2 aromatic heterocycles. The summed E-state index contributed by atoms with van der Waals surface area (Å²) in [5, 5.41) is 10.1. The minimum atomic E-state index is -4.73. The Labute approximate surface area is 196 Å². The Morgan fingerprint density at radius 3 is 2.71 bits per heavy atom. The highest BCUT2D eigenvalue weighted by Gasteiger charge is 2.35. The highest BCUT2D eigenvalue weighted by molar-refractivity contribution is 6.07. The van der Waals surface area contributed by atoms with Gasteiger partial charge in [-0.1, -0.05) is 12.1 Å². The Kier molecular flexibility index (Phi) is 5.30. The highest BCUT2D eigenvalue weighted by Crippen LogP contribution is 2.37. The number of alkyl halides is 3. The second-order valence-corrected chi connectivity index (χ2v) is 8.16. The number of aromatic nitrogens is 4. The standard InChI is InChI=1S/C23H19F4N7O/c1-11-14-9-30-33-18(14)10-34(11)22-31-19-12(20(28)35)4-2-5-13(19)21(32-22)29-8-15-16(23(25,26)27)6-3-7-17(15)24/h2-7,9,11H,8,10H2,1H3,(H2,28,35)(H,30,33)(H,29,31,32)/t11-/m0/s1. The van der Waals surface area contributed by atoms with Crippen molar-refractivity contribution in [3.8, 4) is 0 Å². The average Bonchev–Trinajstić information content (AvgIpc) is 3.39. The number of primary amides is 1. The number of nitrogens with zero attached hydrogens (tertiary/aromatic N) is 4. The number of benzene rings is 2. The van der Waals surface area contributed by atoms with E-state index in [4.69, 9.17) is 5.73 Å². The first-order chi connectivity index (χ1) is 16.6. The van der Waals surface area contributed by atoms with E-state index in [1.165, 1.54) is 6.07 Å². The lowest BCUT2D eigenvalue weighted by atomic mass is 10.1. The number of carbonyl (C=O) groups excluding carboxylic acids is 1. The van der Waals surface area contributed by atoms with Gasteiger partial charge in [0.25, 0.3) is 5.91 Å². The third-order valence-electron chi connectivity index (χ3n) is 6.09. The molecule has 0 aliphatic carbocycles. The molecule has 4 N–H and O–H groups in total. The number of hydrogen-bond acceptors (Lipinski definition) is 6. The molecule has 1 aliphatic heterocycles. The van der Waals surface area contributed by atoms with Crippen LogP contribution in [0.5, 0.6) is 0 Å². The van der Waals surface area contributed by atoms with Crippen LogP contribution in [0.4, 0.5) is 29.3 Å². The third kappa shape index (κ3) is 3.90. The summed E-state index contributed by atoms with van der Waals surface area (Å²) in [6.45, 7) is 1.84. The van der Waals surface area contributed by atoms with Crippen LogP contribution in [0.2, 0.25) is 0 Å². The maximum Gasteiger partial charge on any atom is 0.416 e. The van der Waals surface area contributed by atoms with E-state index in [-0.39, 0.29) is 28.9 Å². The molecule has 0 radical (unpaired) electrons. The Hall–Kier alpha value is -4.22. The van der Waals surface area contributed by atoms with Gasteiger partial charge in [-0.2, -0.15) is 23.3 Å². The van der Waals surface area contributed by atoms with Crippen molar-refractivity contribution >= 4 is 28.6 Å². The van der Waals surface area contributed by atoms with Crippen LogP contribution in [0.25, 0.3) is 10.9 Å². The molecule has 0 unspecified atom stereocenters. The fraction of sp³-hybridized carbons (Fsp3) is 0.217. The quantitative estimate of drug-likeness (QED) is 0.363. The largest absolute Gasteiger partial charge is 0.416 e. The Balaban J connectivity index is 1.60. The topological polar surface area (TPSA) is 113 Å². The van der Waals surface area contributed by atoms with Crippen molar-refractivity contribution < 1.29 is 22.4 Å². The second-order valence-electron chi connectivity index (χ2n) is 8.16. The number of hydrogen-bond donors (Lipinski definition) is 3. The average molecular weight is 485 g/mol. The third-order valence-corrected chi connectivity index (χ3v) is 6.09. The van der Waals surface area contributed by atoms with Gasteiger partial charge in [0, 0.05) is 23.1 Å². The SMILES string of the molecule is C[C@H]1c2cn[nH]c2CN1c1nc(NCc2c(F)cccc2C(F)(F)F)c2cccc(C(N)=O)c2n1. The summed E-state index contributed by atoms with van der Waals surface area (Å²) in [6.07, 6.45) is -3.03. The Morgan fingerprint density at radius 1 is 1.23 bits per heavy atom. The molecule has 0 fully saturated rings. The smallest absolute Gasteiger partial charge is 0.366 e. The predicted molar refractivity (Wildman–Crippen MR) is 120 cm³/mol. The van der Waals surface area contributed by atoms with Crippen LogP contribution in [0, 0.1) is 5.82 Å². The molecule has 0 saturated carbocycles. The zero-order chi connectivity index (χ0) is 24.9. The fourth-order valence-corrected chi connectivity index (χ4v) is 4.31. The van der Waals surface area contributed by atoms with Crippen LogP contribution in [-0.2, 0) is 19.3 Å². The number of halogens is 4. The normalized spacial score (nSPS) is 15.5. The minimum absolute atomic E-state index is 0.128. The van der Waals surface area contributed by atoms with Gasteiger partial charge >= 0.3 is 6.18 Å². The van der Waals surface area contributed by atoms with Crippen molar-refractivity contribution in [2.24, 2.45) is 5.73 Å². The first-order valence-electron chi connectivity index (χ1n) is 10.6. The van der Waals surface area contributed by atoms with Crippen molar-refractivity contribution in [3.05, 3.63) is 76.4 Å². The first kappa shape index (κ1) is 22.6. The molecule has 35 heavy (non-hydrogen) atoms. The van der Waals surface area contributed by atoms with Gasteiger partial charge < -0.3 is 16.0 Å². The lowest BCUT2D eigenvalue weighted by molar-refractivity contribution is -0.138. The molecule has 0 bridgehead atoms. The summed E-state index contributed by atoms with van der Waals surface area (Å²) in [5.74, 6) is -1.34. The van der Waals surface area contributed by atoms with E-state index in [9.17, 15) is 22.4 Å². The molecule has 4 aromatic rings. The second kappa shape index (κ2) is 8.22. The number of nitrogens with one attached hydrogen (secondary N) is 2.